The molecule has 0 bridgehead atoms. The van der Waals surface area contributed by atoms with E-state index in [2.05, 4.69) is 4.99 Å². The highest BCUT2D eigenvalue weighted by atomic mass is 16.5. The summed E-state index contributed by atoms with van der Waals surface area (Å²) < 4.78 is 0. The molecule has 0 aromatic carbocycles. The minimum atomic E-state index is -0.932. The van der Waals surface area contributed by atoms with Crippen LogP contribution in [0.2, 0.25) is 0 Å². The molecule has 0 aliphatic carbocycles. The molecule has 1 heterocycles. The molecule has 1 atom stereocenters. The molecule has 0 fully saturated rings. The second-order valence-corrected chi connectivity index (χ2v) is 5.96. The lowest BCUT2D eigenvalue weighted by Crippen LogP contribution is -2.51. The molecule has 99 valence electrons. The summed E-state index contributed by atoms with van der Waals surface area (Å²) in [4.78, 5) is 16.4. The number of aliphatic imine (C=N–C) groups is 1. The van der Waals surface area contributed by atoms with Crippen LogP contribution in [-0.2, 0) is 10.0 Å². The van der Waals surface area contributed by atoms with Crippen molar-refractivity contribution in [2.45, 2.75) is 52.7 Å². The van der Waals surface area contributed by atoms with Crippen LogP contribution < -0.4 is 0 Å². The Morgan fingerprint density at radius 1 is 1.33 bits per heavy atom. The second-order valence-electron chi connectivity index (χ2n) is 5.96. The molecule has 1 aliphatic rings. The summed E-state index contributed by atoms with van der Waals surface area (Å²) >= 11 is 0. The molecule has 1 aliphatic heterocycles. The maximum Gasteiger partial charge on any atom is 0.158 e. The zero-order valence-electron chi connectivity index (χ0n) is 11.8. The highest BCUT2D eigenvalue weighted by Gasteiger charge is 2.52. The Kier molecular flexibility index (Phi) is 3.66. The van der Waals surface area contributed by atoms with Gasteiger partial charge in [-0.2, -0.15) is 5.26 Å². The Morgan fingerprint density at radius 3 is 2.11 bits per heavy atom. The third-order valence-corrected chi connectivity index (χ3v) is 3.28. The first kappa shape index (κ1) is 14.8. The van der Waals surface area contributed by atoms with Crippen molar-refractivity contribution in [1.29, 1.82) is 5.26 Å². The molecule has 5 heteroatoms. The summed E-state index contributed by atoms with van der Waals surface area (Å²) in [7, 11) is 0. The van der Waals surface area contributed by atoms with Crippen LogP contribution in [0, 0.1) is 23.2 Å². The molecule has 1 unspecified atom stereocenters. The molecule has 1 rings (SSSR count). The van der Waals surface area contributed by atoms with Gasteiger partial charge in [-0.25, -0.2) is 0 Å². The van der Waals surface area contributed by atoms with Gasteiger partial charge in [0.2, 0.25) is 0 Å². The minimum absolute atomic E-state index is 0.185. The van der Waals surface area contributed by atoms with E-state index in [1.807, 2.05) is 6.07 Å². The van der Waals surface area contributed by atoms with Crippen molar-refractivity contribution in [2.75, 3.05) is 0 Å². The monoisotopic (exact) mass is 250 g/mol. The number of nitrogens with zero attached hydrogens (tertiary/aromatic N) is 3. The summed E-state index contributed by atoms with van der Waals surface area (Å²) in [5, 5.41) is 22.2. The third kappa shape index (κ3) is 2.18. The van der Waals surface area contributed by atoms with Crippen LogP contribution in [0.25, 0.3) is 0 Å². The Bertz CT molecular complexity index is 430. The van der Waals surface area contributed by atoms with Crippen LogP contribution in [0.3, 0.4) is 0 Å². The summed E-state index contributed by atoms with van der Waals surface area (Å²) in [5.74, 6) is -1.37. The number of ketones is 1. The lowest BCUT2D eigenvalue weighted by Gasteiger charge is -2.32. The van der Waals surface area contributed by atoms with E-state index in [0.717, 1.165) is 5.06 Å². The van der Waals surface area contributed by atoms with Crippen LogP contribution in [0.1, 0.15) is 41.5 Å². The highest BCUT2D eigenvalue weighted by molar-refractivity contribution is 6.12. The Balaban J connectivity index is 3.24. The predicted octanol–water partition coefficient (Wildman–Crippen LogP) is 1.97. The third-order valence-electron chi connectivity index (χ3n) is 3.28. The van der Waals surface area contributed by atoms with Crippen molar-refractivity contribution in [3.63, 3.8) is 0 Å². The van der Waals surface area contributed by atoms with Gasteiger partial charge < -0.3 is 0 Å². The maximum atomic E-state index is 12.2. The zero-order chi connectivity index (χ0) is 14.3. The molecule has 0 aromatic rings. The fourth-order valence-corrected chi connectivity index (χ4v) is 2.28. The molecule has 18 heavy (non-hydrogen) atoms. The topological polar surface area (TPSA) is 76.4 Å². The number of nitriles is 1. The van der Waals surface area contributed by atoms with E-state index in [1.165, 1.54) is 0 Å². The average molecular weight is 250 g/mol. The molecule has 0 saturated carbocycles. The van der Waals surface area contributed by atoms with Gasteiger partial charge in [0.25, 0.3) is 0 Å². The molecule has 0 aromatic heterocycles. The fraction of sp³-hybridized carbons (Fsp3) is 0.769. The quantitative estimate of drug-likeness (QED) is 0.768. The van der Waals surface area contributed by atoms with E-state index in [0.29, 0.717) is 5.71 Å². The summed E-state index contributed by atoms with van der Waals surface area (Å²) in [6.45, 7) is 10.3. The number of hydrogen-bond donors (Lipinski definition) is 0. The van der Waals surface area contributed by atoms with Crippen LogP contribution in [0.15, 0.2) is 4.99 Å². The Labute approximate surface area is 108 Å². The van der Waals surface area contributed by atoms with Gasteiger partial charge in [0.05, 0.1) is 17.3 Å². The number of rotatable bonds is 3. The van der Waals surface area contributed by atoms with Crippen LogP contribution in [0.5, 0.6) is 0 Å². The lowest BCUT2D eigenvalue weighted by molar-refractivity contribution is -0.241. The van der Waals surface area contributed by atoms with Gasteiger partial charge in [0.15, 0.2) is 5.78 Å². The molecular formula is C13H20N3O2. The summed E-state index contributed by atoms with van der Waals surface area (Å²) in [6.07, 6.45) is 0. The smallest absolute Gasteiger partial charge is 0.158 e. The van der Waals surface area contributed by atoms with Crippen LogP contribution >= 0.6 is 0 Å². The first-order chi connectivity index (χ1) is 8.05. The van der Waals surface area contributed by atoms with E-state index >= 15 is 0 Å². The number of carbonyl (C=O) groups excluding carboxylic acids is 1. The van der Waals surface area contributed by atoms with Crippen molar-refractivity contribution in [3.05, 3.63) is 0 Å². The molecule has 0 saturated heterocycles. The molecule has 1 radical (unpaired) electrons. The zero-order valence-corrected chi connectivity index (χ0v) is 11.8. The van der Waals surface area contributed by atoms with E-state index in [-0.39, 0.29) is 11.7 Å². The van der Waals surface area contributed by atoms with Gasteiger partial charge in [-0.15, -0.1) is 10.3 Å². The SMILES string of the molecule is CC(C)C(=O)C(C#N)C1=NC(C)(C)N([O])C1(C)C. The standard InChI is InChI=1S/C13H20N3O2/c1-8(2)10(17)9(7-14)11-12(3,4)16(18)13(5,6)15-11/h8-9H,1-6H3. The van der Waals surface area contributed by atoms with Crippen molar-refractivity contribution >= 4 is 11.5 Å². The van der Waals surface area contributed by atoms with Gasteiger partial charge in [0.1, 0.15) is 11.6 Å². The van der Waals surface area contributed by atoms with Gasteiger partial charge in [0, 0.05) is 5.92 Å². The molecule has 0 amide bonds. The van der Waals surface area contributed by atoms with Crippen molar-refractivity contribution in [2.24, 2.45) is 16.8 Å². The lowest BCUT2D eigenvalue weighted by atomic mass is 9.83. The van der Waals surface area contributed by atoms with Crippen molar-refractivity contribution < 1.29 is 10.0 Å². The maximum absolute atomic E-state index is 12.2. The number of hydroxylamine groups is 2. The first-order valence-corrected chi connectivity index (χ1v) is 6.06. The summed E-state index contributed by atoms with van der Waals surface area (Å²) in [5.41, 5.74) is -1.47. The first-order valence-electron chi connectivity index (χ1n) is 6.06. The number of carbonyl (C=O) groups is 1. The van der Waals surface area contributed by atoms with Crippen molar-refractivity contribution in [3.8, 4) is 6.07 Å². The van der Waals surface area contributed by atoms with Gasteiger partial charge >= 0.3 is 0 Å². The highest BCUT2D eigenvalue weighted by Crippen LogP contribution is 2.36. The van der Waals surface area contributed by atoms with Crippen molar-refractivity contribution in [1.82, 2.24) is 5.06 Å². The molecule has 0 N–H and O–H groups in total. The summed E-state index contributed by atoms with van der Waals surface area (Å²) in [6, 6.07) is 1.99. The van der Waals surface area contributed by atoms with Gasteiger partial charge in [-0.1, -0.05) is 13.8 Å². The number of Topliss-reactive ketones (excluding diaryl/α,β-unsaturated/α-hetero) is 1. The van der Waals surface area contributed by atoms with E-state index in [4.69, 9.17) is 0 Å². The van der Waals surface area contributed by atoms with E-state index in [1.54, 1.807) is 41.5 Å². The van der Waals surface area contributed by atoms with Gasteiger partial charge in [-0.3, -0.25) is 9.79 Å². The normalized spacial score (nSPS) is 23.6. The minimum Gasteiger partial charge on any atom is -0.298 e. The van der Waals surface area contributed by atoms with Crippen LogP contribution in [-0.4, -0.2) is 27.8 Å². The Morgan fingerprint density at radius 2 is 1.83 bits per heavy atom. The van der Waals surface area contributed by atoms with E-state index in [9.17, 15) is 15.3 Å². The number of hydrogen-bond acceptors (Lipinski definition) is 4. The molecule has 0 spiro atoms. The average Bonchev–Trinajstić information content (AvgIpc) is 2.41. The molecule has 5 nitrogen and oxygen atoms in total. The van der Waals surface area contributed by atoms with Crippen LogP contribution in [0.4, 0.5) is 0 Å². The largest absolute Gasteiger partial charge is 0.298 e. The second kappa shape index (κ2) is 4.45. The fourth-order valence-electron chi connectivity index (χ4n) is 2.28. The van der Waals surface area contributed by atoms with Gasteiger partial charge in [-0.05, 0) is 27.7 Å². The Hall–Kier alpha value is -1.25. The predicted molar refractivity (Wildman–Crippen MR) is 67.1 cm³/mol. The van der Waals surface area contributed by atoms with E-state index < -0.39 is 17.1 Å². The molecular weight excluding hydrogens is 230 g/mol.